The van der Waals surface area contributed by atoms with Crippen LogP contribution in [0.3, 0.4) is 0 Å². The van der Waals surface area contributed by atoms with Crippen LogP contribution < -0.4 is 0 Å². The minimum atomic E-state index is -1.05. The van der Waals surface area contributed by atoms with Crippen molar-refractivity contribution < 1.29 is 19.1 Å². The summed E-state index contributed by atoms with van der Waals surface area (Å²) < 4.78 is 5.70. The van der Waals surface area contributed by atoms with Crippen LogP contribution in [0.25, 0.3) is 0 Å². The molecule has 5 heteroatoms. The summed E-state index contributed by atoms with van der Waals surface area (Å²) in [6.45, 7) is 6.54. The zero-order valence-corrected chi connectivity index (χ0v) is 16.1. The van der Waals surface area contributed by atoms with Crippen molar-refractivity contribution in [2.75, 3.05) is 6.61 Å². The highest BCUT2D eigenvalue weighted by molar-refractivity contribution is 9.10. The first-order valence-corrected chi connectivity index (χ1v) is 10.3. The molecule has 6 rings (SSSR count). The Morgan fingerprint density at radius 1 is 1.20 bits per heavy atom. The van der Waals surface area contributed by atoms with Crippen LogP contribution in [0.1, 0.15) is 45.4 Å². The highest BCUT2D eigenvalue weighted by atomic mass is 79.9. The van der Waals surface area contributed by atoms with Gasteiger partial charge in [0.2, 0.25) is 0 Å². The molecule has 0 amide bonds. The second-order valence-electron chi connectivity index (χ2n) is 9.22. The van der Waals surface area contributed by atoms with Gasteiger partial charge in [-0.1, -0.05) is 35.9 Å². The van der Waals surface area contributed by atoms with Crippen molar-refractivity contribution in [2.45, 2.75) is 50.3 Å². The number of halogens is 1. The lowest BCUT2D eigenvalue weighted by Crippen LogP contribution is -2.75. The summed E-state index contributed by atoms with van der Waals surface area (Å²) in [6, 6.07) is 0. The Labute approximate surface area is 155 Å². The molecular weight excluding hydrogens is 384 g/mol. The number of carbonyl (C=O) groups is 3. The number of esters is 1. The summed E-state index contributed by atoms with van der Waals surface area (Å²) in [5.74, 6) is -0.411. The van der Waals surface area contributed by atoms with Gasteiger partial charge >= 0.3 is 5.97 Å². The number of allylic oxidation sites excluding steroid dienone is 1. The third-order valence-electron chi connectivity index (χ3n) is 8.35. The van der Waals surface area contributed by atoms with E-state index >= 15 is 0 Å². The molecule has 1 saturated heterocycles. The first kappa shape index (κ1) is 16.2. The fourth-order valence-corrected chi connectivity index (χ4v) is 8.83. The van der Waals surface area contributed by atoms with E-state index in [1.54, 1.807) is 0 Å². The zero-order chi connectivity index (χ0) is 17.8. The van der Waals surface area contributed by atoms with Crippen molar-refractivity contribution in [3.63, 3.8) is 0 Å². The van der Waals surface area contributed by atoms with E-state index in [0.29, 0.717) is 18.6 Å². The average molecular weight is 407 g/mol. The lowest BCUT2D eigenvalue weighted by atomic mass is 9.35. The Morgan fingerprint density at radius 3 is 2.72 bits per heavy atom. The van der Waals surface area contributed by atoms with E-state index in [9.17, 15) is 14.4 Å². The molecule has 7 atom stereocenters. The molecule has 5 saturated carbocycles. The van der Waals surface area contributed by atoms with Crippen molar-refractivity contribution in [2.24, 2.45) is 34.0 Å². The first-order chi connectivity index (χ1) is 11.8. The quantitative estimate of drug-likeness (QED) is 0.268. The molecular formula is C20H23BrO4. The molecule has 1 heterocycles. The fraction of sp³-hybridized carbons (Fsp3) is 0.750. The van der Waals surface area contributed by atoms with Gasteiger partial charge in [0.25, 0.3) is 0 Å². The molecule has 0 aromatic carbocycles. The molecule has 1 aliphatic heterocycles. The van der Waals surface area contributed by atoms with Gasteiger partial charge in [-0.25, -0.2) is 0 Å². The molecule has 1 spiro atoms. The van der Waals surface area contributed by atoms with E-state index < -0.39 is 15.7 Å². The molecule has 0 aromatic heterocycles. The molecule has 6 fully saturated rings. The van der Waals surface area contributed by atoms with Crippen LogP contribution in [-0.4, -0.2) is 29.0 Å². The Balaban J connectivity index is 1.77. The van der Waals surface area contributed by atoms with Crippen LogP contribution in [0.15, 0.2) is 12.2 Å². The van der Waals surface area contributed by atoms with Crippen molar-refractivity contribution in [1.82, 2.24) is 0 Å². The number of ether oxygens (including phenoxy) is 1. The molecule has 4 nitrogen and oxygen atoms in total. The second-order valence-corrected chi connectivity index (χ2v) is 10.2. The Morgan fingerprint density at radius 2 is 1.96 bits per heavy atom. The van der Waals surface area contributed by atoms with E-state index in [0.717, 1.165) is 32.1 Å². The van der Waals surface area contributed by atoms with Crippen LogP contribution in [-0.2, 0) is 19.1 Å². The van der Waals surface area contributed by atoms with E-state index in [2.05, 4.69) is 29.4 Å². The molecule has 25 heavy (non-hydrogen) atoms. The topological polar surface area (TPSA) is 60.4 Å². The predicted molar refractivity (Wildman–Crippen MR) is 94.0 cm³/mol. The maximum atomic E-state index is 13.6. The van der Waals surface area contributed by atoms with Crippen LogP contribution >= 0.6 is 15.9 Å². The standard InChI is InChI=1S/C20H23BrO4/c1-10-11-4-7-20(15(10)22)12(8-11)19-6-3-5-18(2,9-25-17(19)24)14(19)13(21)16(20)23/h11-14H,1,3-9H2,2H3/t11-,12?,13-,14?,18-,19+,20-/m0/s1. The normalized spacial score (nSPS) is 54.0. The van der Waals surface area contributed by atoms with E-state index in [4.69, 9.17) is 4.74 Å². The maximum absolute atomic E-state index is 13.6. The van der Waals surface area contributed by atoms with Gasteiger partial charge < -0.3 is 4.74 Å². The summed E-state index contributed by atoms with van der Waals surface area (Å²) in [4.78, 5) is 39.5. The summed E-state index contributed by atoms with van der Waals surface area (Å²) in [5.41, 5.74) is -1.32. The largest absolute Gasteiger partial charge is 0.465 e. The van der Waals surface area contributed by atoms with Gasteiger partial charge in [0.05, 0.1) is 22.3 Å². The molecule has 5 aliphatic carbocycles. The Kier molecular flexibility index (Phi) is 3.02. The molecule has 4 bridgehead atoms. The number of ketones is 2. The summed E-state index contributed by atoms with van der Waals surface area (Å²) in [5, 5.41) is 0. The second kappa shape index (κ2) is 4.65. The Hall–Kier alpha value is -0.970. The highest BCUT2D eigenvalue weighted by Gasteiger charge is 2.77. The third-order valence-corrected chi connectivity index (χ3v) is 9.30. The molecule has 6 aliphatic rings. The van der Waals surface area contributed by atoms with Crippen molar-refractivity contribution in [3.05, 3.63) is 12.2 Å². The Bertz CT molecular complexity index is 744. The number of carbonyl (C=O) groups excluding carboxylic acids is 3. The van der Waals surface area contributed by atoms with Crippen LogP contribution in [0.4, 0.5) is 0 Å². The number of Topliss-reactive ketones (excluding diaryl/α,β-unsaturated/α-hetero) is 2. The smallest absolute Gasteiger partial charge is 0.312 e. The number of hydrogen-bond donors (Lipinski definition) is 0. The van der Waals surface area contributed by atoms with Crippen LogP contribution in [0.5, 0.6) is 0 Å². The molecule has 0 N–H and O–H groups in total. The monoisotopic (exact) mass is 406 g/mol. The van der Waals surface area contributed by atoms with Gasteiger partial charge in [0.15, 0.2) is 11.6 Å². The van der Waals surface area contributed by atoms with Crippen LogP contribution in [0.2, 0.25) is 0 Å². The fourth-order valence-electron chi connectivity index (χ4n) is 7.32. The van der Waals surface area contributed by atoms with Crippen molar-refractivity contribution >= 4 is 33.5 Å². The molecule has 2 unspecified atom stereocenters. The van der Waals surface area contributed by atoms with Gasteiger partial charge in [-0.15, -0.1) is 0 Å². The van der Waals surface area contributed by atoms with Gasteiger partial charge in [0.1, 0.15) is 0 Å². The molecule has 0 aromatic rings. The number of cyclic esters (lactones) is 1. The summed E-state index contributed by atoms with van der Waals surface area (Å²) in [7, 11) is 0. The predicted octanol–water partition coefficient (Wildman–Crippen LogP) is 3.22. The van der Waals surface area contributed by atoms with E-state index in [1.165, 1.54) is 0 Å². The van der Waals surface area contributed by atoms with Crippen molar-refractivity contribution in [1.29, 1.82) is 0 Å². The van der Waals surface area contributed by atoms with E-state index in [1.807, 2.05) is 0 Å². The first-order valence-electron chi connectivity index (χ1n) is 9.38. The minimum Gasteiger partial charge on any atom is -0.465 e. The number of rotatable bonds is 0. The summed E-state index contributed by atoms with van der Waals surface area (Å²) in [6.07, 6.45) is 4.80. The van der Waals surface area contributed by atoms with Crippen LogP contribution in [0, 0.1) is 34.0 Å². The third kappa shape index (κ3) is 1.55. The van der Waals surface area contributed by atoms with Gasteiger partial charge in [0, 0.05) is 11.3 Å². The van der Waals surface area contributed by atoms with Gasteiger partial charge in [-0.05, 0) is 49.5 Å². The van der Waals surface area contributed by atoms with Crippen molar-refractivity contribution in [3.8, 4) is 0 Å². The number of fused-ring (bicyclic) bond motifs is 2. The number of hydrogen-bond acceptors (Lipinski definition) is 4. The zero-order valence-electron chi connectivity index (χ0n) is 14.5. The lowest BCUT2D eigenvalue weighted by Gasteiger charge is -2.68. The minimum absolute atomic E-state index is 0.00486. The lowest BCUT2D eigenvalue weighted by molar-refractivity contribution is -0.228. The van der Waals surface area contributed by atoms with Gasteiger partial charge in [-0.3, -0.25) is 14.4 Å². The molecule has 0 radical (unpaired) electrons. The van der Waals surface area contributed by atoms with Gasteiger partial charge in [-0.2, -0.15) is 0 Å². The molecule has 134 valence electrons. The number of alkyl halides is 1. The average Bonchev–Trinajstić information content (AvgIpc) is 2.60. The maximum Gasteiger partial charge on any atom is 0.312 e. The highest BCUT2D eigenvalue weighted by Crippen LogP contribution is 2.72. The summed E-state index contributed by atoms with van der Waals surface area (Å²) >= 11 is 3.67. The SMILES string of the molecule is C=C1C(=O)[C@]23CC[C@H]1CC2[C@@]12CCC[C@@](C)(COC1=O)C2[C@H](Br)C3=O. The van der Waals surface area contributed by atoms with E-state index in [-0.39, 0.29) is 40.7 Å².